The van der Waals surface area contributed by atoms with Gasteiger partial charge in [0.15, 0.2) is 18.4 Å². The van der Waals surface area contributed by atoms with Crippen molar-refractivity contribution in [2.45, 2.75) is 20.0 Å². The van der Waals surface area contributed by atoms with E-state index < -0.39 is 17.7 Å². The summed E-state index contributed by atoms with van der Waals surface area (Å²) in [4.78, 5) is 10.7. The second kappa shape index (κ2) is 4.71. The van der Waals surface area contributed by atoms with E-state index >= 15 is 0 Å². The standard InChI is InChI=1S/C12H13FO4/c1-7(12(14)15)2-8-3-9-5-16-6-17-11(9)10(13)4-8/h3-4,7H,2,5-6H2,1H3,(H,14,15). The number of rotatable bonds is 3. The molecule has 1 unspecified atom stereocenters. The van der Waals surface area contributed by atoms with Gasteiger partial charge in [-0.3, -0.25) is 4.79 Å². The fourth-order valence-electron chi connectivity index (χ4n) is 1.79. The molecule has 1 aliphatic heterocycles. The molecule has 1 heterocycles. The van der Waals surface area contributed by atoms with Crippen LogP contribution in [-0.4, -0.2) is 17.9 Å². The predicted octanol–water partition coefficient (Wildman–Crippen LogP) is 1.96. The van der Waals surface area contributed by atoms with Gasteiger partial charge in [-0.2, -0.15) is 0 Å². The van der Waals surface area contributed by atoms with Gasteiger partial charge in [0.1, 0.15) is 0 Å². The van der Waals surface area contributed by atoms with Gasteiger partial charge in [-0.15, -0.1) is 0 Å². The fraction of sp³-hybridized carbons (Fsp3) is 0.417. The molecule has 17 heavy (non-hydrogen) atoms. The lowest BCUT2D eigenvalue weighted by molar-refractivity contribution is -0.141. The maximum Gasteiger partial charge on any atom is 0.306 e. The number of halogens is 1. The summed E-state index contributed by atoms with van der Waals surface area (Å²) in [5.41, 5.74) is 1.27. The summed E-state index contributed by atoms with van der Waals surface area (Å²) >= 11 is 0. The van der Waals surface area contributed by atoms with Crippen LogP contribution in [0.15, 0.2) is 12.1 Å². The van der Waals surface area contributed by atoms with Crippen molar-refractivity contribution in [3.05, 3.63) is 29.1 Å². The summed E-state index contributed by atoms with van der Waals surface area (Å²) in [6.45, 7) is 1.93. The van der Waals surface area contributed by atoms with Crippen LogP contribution in [0, 0.1) is 11.7 Å². The minimum Gasteiger partial charge on any atom is -0.481 e. The van der Waals surface area contributed by atoms with Gasteiger partial charge in [0.25, 0.3) is 0 Å². The first-order chi connectivity index (χ1) is 8.08. The number of carboxylic acid groups (broad SMARTS) is 1. The van der Waals surface area contributed by atoms with E-state index in [1.54, 1.807) is 13.0 Å². The Kier molecular flexibility index (Phi) is 3.28. The largest absolute Gasteiger partial charge is 0.481 e. The van der Waals surface area contributed by atoms with Crippen molar-refractivity contribution in [1.29, 1.82) is 0 Å². The van der Waals surface area contributed by atoms with Gasteiger partial charge >= 0.3 is 5.97 Å². The monoisotopic (exact) mass is 240 g/mol. The Morgan fingerprint density at radius 2 is 2.35 bits per heavy atom. The minimum atomic E-state index is -0.893. The second-order valence-corrected chi connectivity index (χ2v) is 4.12. The van der Waals surface area contributed by atoms with E-state index in [0.717, 1.165) is 0 Å². The minimum absolute atomic E-state index is 0.0504. The molecule has 0 radical (unpaired) electrons. The van der Waals surface area contributed by atoms with Gasteiger partial charge in [0.2, 0.25) is 0 Å². The van der Waals surface area contributed by atoms with Gasteiger partial charge < -0.3 is 14.6 Å². The number of fused-ring (bicyclic) bond motifs is 1. The van der Waals surface area contributed by atoms with Crippen LogP contribution in [0.3, 0.4) is 0 Å². The molecular formula is C12H13FO4. The molecule has 92 valence electrons. The van der Waals surface area contributed by atoms with Crippen molar-refractivity contribution >= 4 is 5.97 Å². The highest BCUT2D eigenvalue weighted by molar-refractivity contribution is 5.69. The number of hydrogen-bond acceptors (Lipinski definition) is 3. The van der Waals surface area contributed by atoms with Crippen LogP contribution in [0.25, 0.3) is 0 Å². The molecule has 0 fully saturated rings. The predicted molar refractivity (Wildman–Crippen MR) is 57.2 cm³/mol. The lowest BCUT2D eigenvalue weighted by Crippen LogP contribution is -2.15. The van der Waals surface area contributed by atoms with Gasteiger partial charge in [-0.1, -0.05) is 6.92 Å². The topological polar surface area (TPSA) is 55.8 Å². The first-order valence-electron chi connectivity index (χ1n) is 5.32. The molecule has 1 aromatic carbocycles. The Balaban J connectivity index is 2.25. The lowest BCUT2D eigenvalue weighted by Gasteiger charge is -2.19. The molecule has 1 aliphatic rings. The van der Waals surface area contributed by atoms with Gasteiger partial charge in [0.05, 0.1) is 12.5 Å². The number of aliphatic carboxylic acids is 1. The van der Waals surface area contributed by atoms with Crippen LogP contribution < -0.4 is 4.74 Å². The zero-order chi connectivity index (χ0) is 12.4. The Morgan fingerprint density at radius 3 is 3.06 bits per heavy atom. The zero-order valence-electron chi connectivity index (χ0n) is 9.40. The first-order valence-corrected chi connectivity index (χ1v) is 5.32. The van der Waals surface area contributed by atoms with Crippen LogP contribution in [-0.2, 0) is 22.6 Å². The van der Waals surface area contributed by atoms with Crippen molar-refractivity contribution in [2.75, 3.05) is 6.79 Å². The van der Waals surface area contributed by atoms with Gasteiger partial charge in [0, 0.05) is 5.56 Å². The van der Waals surface area contributed by atoms with Crippen LogP contribution in [0.2, 0.25) is 0 Å². The molecule has 0 bridgehead atoms. The van der Waals surface area contributed by atoms with E-state index in [0.29, 0.717) is 24.2 Å². The second-order valence-electron chi connectivity index (χ2n) is 4.12. The molecule has 0 spiro atoms. The van der Waals surface area contributed by atoms with E-state index in [1.165, 1.54) is 6.07 Å². The van der Waals surface area contributed by atoms with Crippen LogP contribution in [0.4, 0.5) is 4.39 Å². The Labute approximate surface area is 98.0 Å². The molecular weight excluding hydrogens is 227 g/mol. The summed E-state index contributed by atoms with van der Waals surface area (Å²) in [6, 6.07) is 3.06. The van der Waals surface area contributed by atoms with Crippen LogP contribution in [0.5, 0.6) is 5.75 Å². The molecule has 0 saturated heterocycles. The first kappa shape index (κ1) is 11.9. The van der Waals surface area contributed by atoms with Crippen molar-refractivity contribution in [3.8, 4) is 5.75 Å². The number of hydrogen-bond donors (Lipinski definition) is 1. The normalized spacial score (nSPS) is 15.9. The van der Waals surface area contributed by atoms with E-state index in [-0.39, 0.29) is 12.5 Å². The average molecular weight is 240 g/mol. The van der Waals surface area contributed by atoms with E-state index in [2.05, 4.69) is 0 Å². The smallest absolute Gasteiger partial charge is 0.306 e. The molecule has 1 aromatic rings. The Morgan fingerprint density at radius 1 is 1.59 bits per heavy atom. The van der Waals surface area contributed by atoms with Crippen molar-refractivity contribution in [3.63, 3.8) is 0 Å². The summed E-state index contributed by atoms with van der Waals surface area (Å²) in [6.07, 6.45) is 0.291. The molecule has 0 amide bonds. The molecule has 0 aromatic heterocycles. The third-order valence-corrected chi connectivity index (χ3v) is 2.69. The average Bonchev–Trinajstić information content (AvgIpc) is 2.29. The molecule has 2 rings (SSSR count). The Hall–Kier alpha value is -1.62. The quantitative estimate of drug-likeness (QED) is 0.877. The molecule has 0 aliphatic carbocycles. The molecule has 5 heteroatoms. The summed E-state index contributed by atoms with van der Waals surface area (Å²) in [5, 5.41) is 8.81. The zero-order valence-corrected chi connectivity index (χ0v) is 9.40. The number of carboxylic acids is 1. The van der Waals surface area contributed by atoms with Crippen LogP contribution in [0.1, 0.15) is 18.1 Å². The fourth-order valence-corrected chi connectivity index (χ4v) is 1.79. The van der Waals surface area contributed by atoms with Gasteiger partial charge in [-0.25, -0.2) is 4.39 Å². The summed E-state index contributed by atoms with van der Waals surface area (Å²) in [5.74, 6) is -1.69. The van der Waals surface area contributed by atoms with Crippen molar-refractivity contribution in [1.82, 2.24) is 0 Å². The highest BCUT2D eigenvalue weighted by Crippen LogP contribution is 2.29. The van der Waals surface area contributed by atoms with E-state index in [1.807, 2.05) is 0 Å². The van der Waals surface area contributed by atoms with Gasteiger partial charge in [-0.05, 0) is 24.1 Å². The maximum atomic E-state index is 13.7. The third-order valence-electron chi connectivity index (χ3n) is 2.69. The highest BCUT2D eigenvalue weighted by Gasteiger charge is 2.19. The SMILES string of the molecule is CC(Cc1cc(F)c2c(c1)COCO2)C(=O)O. The summed E-state index contributed by atoms with van der Waals surface area (Å²) in [7, 11) is 0. The number of carbonyl (C=O) groups is 1. The molecule has 4 nitrogen and oxygen atoms in total. The van der Waals surface area contributed by atoms with Crippen LogP contribution >= 0.6 is 0 Å². The van der Waals surface area contributed by atoms with E-state index in [4.69, 9.17) is 14.6 Å². The molecule has 0 saturated carbocycles. The number of ether oxygens (including phenoxy) is 2. The van der Waals surface area contributed by atoms with E-state index in [9.17, 15) is 9.18 Å². The molecule has 1 N–H and O–H groups in total. The Bertz CT molecular complexity index is 444. The molecule has 1 atom stereocenters. The van der Waals surface area contributed by atoms with Crippen molar-refractivity contribution < 1.29 is 23.8 Å². The number of benzene rings is 1. The van der Waals surface area contributed by atoms with Crippen molar-refractivity contribution in [2.24, 2.45) is 5.92 Å². The summed E-state index contributed by atoms with van der Waals surface area (Å²) < 4.78 is 23.8. The maximum absolute atomic E-state index is 13.7. The highest BCUT2D eigenvalue weighted by atomic mass is 19.1. The third kappa shape index (κ3) is 2.55. The lowest BCUT2D eigenvalue weighted by atomic mass is 9.99.